The van der Waals surface area contributed by atoms with Gasteiger partial charge in [0.15, 0.2) is 17.5 Å². The van der Waals surface area contributed by atoms with Crippen LogP contribution in [-0.4, -0.2) is 22.6 Å². The molecule has 2 aromatic rings. The normalized spacial score (nSPS) is 10.7. The van der Waals surface area contributed by atoms with Crippen molar-refractivity contribution in [3.05, 3.63) is 47.5 Å². The summed E-state index contributed by atoms with van der Waals surface area (Å²) in [6.07, 6.45) is 1.01. The Balaban J connectivity index is 1.94. The van der Waals surface area contributed by atoms with E-state index in [1.165, 1.54) is 6.07 Å². The second-order valence-corrected chi connectivity index (χ2v) is 5.50. The van der Waals surface area contributed by atoms with Gasteiger partial charge in [-0.2, -0.15) is 0 Å². The van der Waals surface area contributed by atoms with Gasteiger partial charge in [-0.05, 0) is 42.7 Å². The molecule has 0 aliphatic heterocycles. The van der Waals surface area contributed by atoms with Crippen molar-refractivity contribution in [1.29, 1.82) is 0 Å². The summed E-state index contributed by atoms with van der Waals surface area (Å²) in [6, 6.07) is 6.21. The number of aromatic nitrogens is 2. The average molecular weight is 320 g/mol. The van der Waals surface area contributed by atoms with Crippen LogP contribution in [0.25, 0.3) is 0 Å². The highest BCUT2D eigenvalue weighted by Crippen LogP contribution is 2.12. The molecule has 0 saturated carbocycles. The van der Waals surface area contributed by atoms with Crippen molar-refractivity contribution in [1.82, 2.24) is 10.2 Å². The predicted molar refractivity (Wildman–Crippen MR) is 84.3 cm³/mol. The van der Waals surface area contributed by atoms with Crippen LogP contribution in [0.2, 0.25) is 0 Å². The summed E-state index contributed by atoms with van der Waals surface area (Å²) < 4.78 is 26.0. The molecule has 1 aromatic carbocycles. The number of halogens is 2. The molecule has 0 bridgehead atoms. The van der Waals surface area contributed by atoms with Crippen molar-refractivity contribution in [2.45, 2.75) is 20.3 Å². The Bertz CT molecular complexity index is 674. The van der Waals surface area contributed by atoms with Gasteiger partial charge in [0.25, 0.3) is 5.91 Å². The van der Waals surface area contributed by atoms with Crippen LogP contribution >= 0.6 is 0 Å². The predicted octanol–water partition coefficient (Wildman–Crippen LogP) is 3.47. The highest BCUT2D eigenvalue weighted by Gasteiger charge is 2.10. The number of hydrogen-bond acceptors (Lipinski definition) is 4. The molecule has 1 aromatic heterocycles. The molecular weight excluding hydrogens is 302 g/mol. The standard InChI is InChI=1S/C16H18F2N4O/c1-10(2)7-8-19-14-5-6-15(22-21-14)20-16(23)11-3-4-12(17)13(18)9-11/h3-6,9-10H,7-8H2,1-2H3,(H,19,21)(H,20,22,23). The maximum absolute atomic E-state index is 13.1. The number of rotatable bonds is 6. The van der Waals surface area contributed by atoms with Crippen LogP contribution in [0, 0.1) is 17.6 Å². The van der Waals surface area contributed by atoms with Crippen molar-refractivity contribution < 1.29 is 13.6 Å². The largest absolute Gasteiger partial charge is 0.369 e. The number of nitrogens with one attached hydrogen (secondary N) is 2. The highest BCUT2D eigenvalue weighted by atomic mass is 19.2. The Hall–Kier alpha value is -2.57. The summed E-state index contributed by atoms with van der Waals surface area (Å²) in [7, 11) is 0. The van der Waals surface area contributed by atoms with Gasteiger partial charge in [0.2, 0.25) is 0 Å². The lowest BCUT2D eigenvalue weighted by Crippen LogP contribution is -2.14. The molecule has 0 fully saturated rings. The smallest absolute Gasteiger partial charge is 0.256 e. The van der Waals surface area contributed by atoms with Crippen molar-refractivity contribution in [2.24, 2.45) is 5.92 Å². The number of benzene rings is 1. The molecule has 2 N–H and O–H groups in total. The van der Waals surface area contributed by atoms with Gasteiger partial charge in [0, 0.05) is 12.1 Å². The summed E-state index contributed by atoms with van der Waals surface area (Å²) >= 11 is 0. The summed E-state index contributed by atoms with van der Waals surface area (Å²) in [4.78, 5) is 11.9. The summed E-state index contributed by atoms with van der Waals surface area (Å²) in [5, 5.41) is 13.4. The van der Waals surface area contributed by atoms with E-state index < -0.39 is 17.5 Å². The number of amides is 1. The van der Waals surface area contributed by atoms with E-state index in [2.05, 4.69) is 34.7 Å². The zero-order chi connectivity index (χ0) is 16.8. The molecule has 7 heteroatoms. The molecule has 23 heavy (non-hydrogen) atoms. The lowest BCUT2D eigenvalue weighted by atomic mass is 10.1. The number of hydrogen-bond donors (Lipinski definition) is 2. The topological polar surface area (TPSA) is 66.9 Å². The van der Waals surface area contributed by atoms with Crippen LogP contribution < -0.4 is 10.6 Å². The fourth-order valence-corrected chi connectivity index (χ4v) is 1.81. The second-order valence-electron chi connectivity index (χ2n) is 5.50. The maximum atomic E-state index is 13.1. The Morgan fingerprint density at radius 3 is 2.39 bits per heavy atom. The van der Waals surface area contributed by atoms with Gasteiger partial charge in [-0.3, -0.25) is 4.79 Å². The van der Waals surface area contributed by atoms with E-state index in [1.54, 1.807) is 12.1 Å². The van der Waals surface area contributed by atoms with E-state index in [0.29, 0.717) is 11.7 Å². The van der Waals surface area contributed by atoms with E-state index >= 15 is 0 Å². The molecule has 1 amide bonds. The first-order valence-electron chi connectivity index (χ1n) is 7.29. The Labute approximate surface area is 133 Å². The van der Waals surface area contributed by atoms with Crippen LogP contribution in [-0.2, 0) is 0 Å². The van der Waals surface area contributed by atoms with Gasteiger partial charge < -0.3 is 10.6 Å². The van der Waals surface area contributed by atoms with Crippen LogP contribution in [0.3, 0.4) is 0 Å². The molecule has 0 aliphatic carbocycles. The minimum Gasteiger partial charge on any atom is -0.369 e. The first-order chi connectivity index (χ1) is 11.0. The van der Waals surface area contributed by atoms with E-state index in [-0.39, 0.29) is 11.4 Å². The molecule has 122 valence electrons. The highest BCUT2D eigenvalue weighted by molar-refractivity contribution is 6.03. The van der Waals surface area contributed by atoms with Crippen molar-refractivity contribution >= 4 is 17.5 Å². The Kier molecular flexibility index (Phi) is 5.56. The first kappa shape index (κ1) is 16.8. The SMILES string of the molecule is CC(C)CCNc1ccc(NC(=O)c2ccc(F)c(F)c2)nn1. The molecule has 1 heterocycles. The van der Waals surface area contributed by atoms with E-state index in [9.17, 15) is 13.6 Å². The quantitative estimate of drug-likeness (QED) is 0.855. The van der Waals surface area contributed by atoms with Gasteiger partial charge in [-0.1, -0.05) is 13.8 Å². The lowest BCUT2D eigenvalue weighted by Gasteiger charge is -2.08. The third-order valence-electron chi connectivity index (χ3n) is 3.12. The van der Waals surface area contributed by atoms with Gasteiger partial charge in [-0.25, -0.2) is 8.78 Å². The molecule has 2 rings (SSSR count). The van der Waals surface area contributed by atoms with E-state index in [1.807, 2.05) is 0 Å². The third-order valence-corrected chi connectivity index (χ3v) is 3.12. The zero-order valence-electron chi connectivity index (χ0n) is 12.9. The number of carbonyl (C=O) groups excluding carboxylic acids is 1. The number of nitrogens with zero attached hydrogens (tertiary/aromatic N) is 2. The maximum Gasteiger partial charge on any atom is 0.256 e. The minimum atomic E-state index is -1.08. The molecular formula is C16H18F2N4O. The Morgan fingerprint density at radius 2 is 1.78 bits per heavy atom. The minimum absolute atomic E-state index is 0.00448. The molecule has 0 spiro atoms. The van der Waals surface area contributed by atoms with Crippen molar-refractivity contribution in [2.75, 3.05) is 17.2 Å². The monoisotopic (exact) mass is 320 g/mol. The average Bonchev–Trinajstić information content (AvgIpc) is 2.51. The van der Waals surface area contributed by atoms with Gasteiger partial charge in [0.1, 0.15) is 5.82 Å². The van der Waals surface area contributed by atoms with Gasteiger partial charge >= 0.3 is 0 Å². The Morgan fingerprint density at radius 1 is 1.09 bits per heavy atom. The molecule has 0 aliphatic rings. The second kappa shape index (κ2) is 7.62. The van der Waals surface area contributed by atoms with Gasteiger partial charge in [0.05, 0.1) is 0 Å². The van der Waals surface area contributed by atoms with Crippen LogP contribution in [0.15, 0.2) is 30.3 Å². The van der Waals surface area contributed by atoms with E-state index in [4.69, 9.17) is 0 Å². The number of anilines is 2. The molecule has 0 atom stereocenters. The lowest BCUT2D eigenvalue weighted by molar-refractivity contribution is 0.102. The fraction of sp³-hybridized carbons (Fsp3) is 0.312. The van der Waals surface area contributed by atoms with E-state index in [0.717, 1.165) is 25.1 Å². The van der Waals surface area contributed by atoms with Crippen LogP contribution in [0.4, 0.5) is 20.4 Å². The summed E-state index contributed by atoms with van der Waals surface area (Å²) in [5.41, 5.74) is 0.00448. The van der Waals surface area contributed by atoms with Gasteiger partial charge in [-0.15, -0.1) is 10.2 Å². The summed E-state index contributed by atoms with van der Waals surface area (Å²) in [6.45, 7) is 5.04. The molecule has 0 radical (unpaired) electrons. The van der Waals surface area contributed by atoms with Crippen LogP contribution in [0.1, 0.15) is 30.6 Å². The number of carbonyl (C=O) groups is 1. The molecule has 5 nitrogen and oxygen atoms in total. The third kappa shape index (κ3) is 4.98. The summed E-state index contributed by atoms with van der Waals surface area (Å²) in [5.74, 6) is -1.24. The molecule has 0 saturated heterocycles. The van der Waals surface area contributed by atoms with Crippen molar-refractivity contribution in [3.63, 3.8) is 0 Å². The first-order valence-corrected chi connectivity index (χ1v) is 7.29. The zero-order valence-corrected chi connectivity index (χ0v) is 12.9. The van der Waals surface area contributed by atoms with Crippen molar-refractivity contribution in [3.8, 4) is 0 Å². The molecule has 0 unspecified atom stereocenters. The van der Waals surface area contributed by atoms with Crippen LogP contribution in [0.5, 0.6) is 0 Å². The fourth-order valence-electron chi connectivity index (χ4n) is 1.81.